The van der Waals surface area contributed by atoms with Crippen molar-refractivity contribution in [2.24, 2.45) is 17.8 Å². The van der Waals surface area contributed by atoms with Crippen LogP contribution in [0.3, 0.4) is 0 Å². The standard InChI is InChI=1S/C40H51N3O4S/c1-4-5-19-41-39(45)37(23-30-12-7-6-8-13-30)42(27-34-14-10-9-11-29(34)2)38(44)28-43(48(3,46)47)36-17-15-35(16-18-36)40-24-31-20-32(25-40)22-33(21-31)26-40/h6-18,31-33,37H,4-5,19-28H2,1-3H3,(H,41,45)/t31?,32?,33?,37-,40?/m1/s1. The third-order valence-electron chi connectivity index (χ3n) is 11.2. The van der Waals surface area contributed by atoms with Crippen LogP contribution in [-0.2, 0) is 38.0 Å². The minimum atomic E-state index is -3.82. The number of nitrogens with one attached hydrogen (secondary N) is 1. The lowest BCUT2D eigenvalue weighted by molar-refractivity contribution is -0.140. The van der Waals surface area contributed by atoms with Gasteiger partial charge in [0.25, 0.3) is 0 Å². The molecule has 1 atom stereocenters. The van der Waals surface area contributed by atoms with Gasteiger partial charge in [0.05, 0.1) is 11.9 Å². The van der Waals surface area contributed by atoms with E-state index in [9.17, 15) is 18.0 Å². The van der Waals surface area contributed by atoms with E-state index < -0.39 is 28.5 Å². The fraction of sp³-hybridized carbons (Fsp3) is 0.500. The molecule has 4 fully saturated rings. The Hall–Kier alpha value is -3.65. The van der Waals surface area contributed by atoms with Crippen molar-refractivity contribution >= 4 is 27.5 Å². The van der Waals surface area contributed by atoms with E-state index in [1.807, 2.05) is 73.7 Å². The van der Waals surface area contributed by atoms with Crippen LogP contribution in [0.25, 0.3) is 0 Å². The van der Waals surface area contributed by atoms with E-state index in [-0.39, 0.29) is 17.9 Å². The molecule has 0 saturated heterocycles. The number of carbonyl (C=O) groups is 2. The summed E-state index contributed by atoms with van der Waals surface area (Å²) in [7, 11) is -3.82. The Morgan fingerprint density at radius 3 is 2.06 bits per heavy atom. The zero-order chi connectivity index (χ0) is 33.9. The summed E-state index contributed by atoms with van der Waals surface area (Å²) in [5.41, 5.74) is 4.81. The van der Waals surface area contributed by atoms with Crippen LogP contribution in [0.2, 0.25) is 0 Å². The second-order valence-electron chi connectivity index (χ2n) is 14.8. The van der Waals surface area contributed by atoms with Crippen molar-refractivity contribution in [3.63, 3.8) is 0 Å². The molecule has 0 aromatic heterocycles. The van der Waals surface area contributed by atoms with Gasteiger partial charge in [0.15, 0.2) is 0 Å². The van der Waals surface area contributed by atoms with Crippen molar-refractivity contribution in [3.8, 4) is 0 Å². The SMILES string of the molecule is CCCCNC(=O)[C@@H](Cc1ccccc1)N(Cc1ccccc1C)C(=O)CN(c1ccc(C23CC4CC(CC(C4)C2)C3)cc1)S(C)(=O)=O. The van der Waals surface area contributed by atoms with Gasteiger partial charge in [0, 0.05) is 19.5 Å². The van der Waals surface area contributed by atoms with Crippen LogP contribution >= 0.6 is 0 Å². The number of amides is 2. The summed E-state index contributed by atoms with van der Waals surface area (Å²) in [6, 6.07) is 24.7. The Balaban J connectivity index is 1.30. The summed E-state index contributed by atoms with van der Waals surface area (Å²) in [6.45, 7) is 4.36. The quantitative estimate of drug-likeness (QED) is 0.192. The van der Waals surface area contributed by atoms with Gasteiger partial charge >= 0.3 is 0 Å². The highest BCUT2D eigenvalue weighted by Crippen LogP contribution is 2.60. The highest BCUT2D eigenvalue weighted by atomic mass is 32.2. The lowest BCUT2D eigenvalue weighted by Crippen LogP contribution is -2.53. The van der Waals surface area contributed by atoms with E-state index in [0.717, 1.165) is 53.5 Å². The van der Waals surface area contributed by atoms with Crippen molar-refractivity contribution in [2.75, 3.05) is 23.7 Å². The maximum atomic E-state index is 14.5. The normalized spacial score (nSPS) is 23.4. The molecule has 8 heteroatoms. The summed E-state index contributed by atoms with van der Waals surface area (Å²) >= 11 is 0. The second kappa shape index (κ2) is 14.5. The van der Waals surface area contributed by atoms with Crippen LogP contribution in [0, 0.1) is 24.7 Å². The van der Waals surface area contributed by atoms with Gasteiger partial charge in [-0.15, -0.1) is 0 Å². The van der Waals surface area contributed by atoms with Crippen LogP contribution in [0.1, 0.15) is 80.5 Å². The molecule has 3 aromatic rings. The molecule has 4 aliphatic rings. The first-order chi connectivity index (χ1) is 23.0. The molecule has 3 aromatic carbocycles. The number of hydrogen-bond acceptors (Lipinski definition) is 4. The molecule has 0 spiro atoms. The Morgan fingerprint density at radius 2 is 1.48 bits per heavy atom. The number of carbonyl (C=O) groups excluding carboxylic acids is 2. The summed E-state index contributed by atoms with van der Waals surface area (Å²) < 4.78 is 27.9. The van der Waals surface area contributed by atoms with E-state index in [2.05, 4.69) is 24.4 Å². The smallest absolute Gasteiger partial charge is 0.244 e. The third-order valence-corrected chi connectivity index (χ3v) is 12.3. The van der Waals surface area contributed by atoms with Gasteiger partial charge < -0.3 is 10.2 Å². The van der Waals surface area contributed by atoms with Gasteiger partial charge in [0.2, 0.25) is 21.8 Å². The summed E-state index contributed by atoms with van der Waals surface area (Å²) in [6.07, 6.45) is 11.0. The lowest BCUT2D eigenvalue weighted by atomic mass is 9.48. The zero-order valence-corrected chi connectivity index (χ0v) is 29.6. The second-order valence-corrected chi connectivity index (χ2v) is 16.7. The predicted octanol–water partition coefficient (Wildman–Crippen LogP) is 6.79. The number of benzene rings is 3. The van der Waals surface area contributed by atoms with Crippen LogP contribution < -0.4 is 9.62 Å². The molecule has 4 bridgehead atoms. The topological polar surface area (TPSA) is 86.8 Å². The van der Waals surface area contributed by atoms with Crippen molar-refractivity contribution in [2.45, 2.75) is 89.6 Å². The largest absolute Gasteiger partial charge is 0.354 e. The number of unbranched alkanes of at least 4 members (excludes halogenated alkanes) is 1. The summed E-state index contributed by atoms with van der Waals surface area (Å²) in [5, 5.41) is 3.05. The Kier molecular flexibility index (Phi) is 10.3. The number of anilines is 1. The van der Waals surface area contributed by atoms with Crippen molar-refractivity contribution in [3.05, 3.63) is 101 Å². The monoisotopic (exact) mass is 669 g/mol. The highest BCUT2D eigenvalue weighted by Gasteiger charge is 2.51. The first kappa shape index (κ1) is 34.2. The molecule has 4 saturated carbocycles. The van der Waals surface area contributed by atoms with Crippen molar-refractivity contribution in [1.82, 2.24) is 10.2 Å². The van der Waals surface area contributed by atoms with E-state index >= 15 is 0 Å². The Morgan fingerprint density at radius 1 is 0.875 bits per heavy atom. The molecule has 7 nitrogen and oxygen atoms in total. The fourth-order valence-corrected chi connectivity index (χ4v) is 9.94. The average Bonchev–Trinajstić information content (AvgIpc) is 3.05. The van der Waals surface area contributed by atoms with Crippen LogP contribution in [-0.4, -0.2) is 50.5 Å². The molecule has 0 heterocycles. The van der Waals surface area contributed by atoms with Crippen LogP contribution in [0.4, 0.5) is 5.69 Å². The molecule has 7 rings (SSSR count). The number of rotatable bonds is 14. The Bertz CT molecular complexity index is 1650. The first-order valence-corrected chi connectivity index (χ1v) is 19.6. The summed E-state index contributed by atoms with van der Waals surface area (Å²) in [5.74, 6) is 1.77. The average molecular weight is 670 g/mol. The van der Waals surface area contributed by atoms with Gasteiger partial charge in [-0.25, -0.2) is 8.42 Å². The minimum absolute atomic E-state index is 0.187. The molecular formula is C40H51N3O4S. The number of nitrogens with zero attached hydrogens (tertiary/aromatic N) is 2. The van der Waals surface area contributed by atoms with Crippen LogP contribution in [0.15, 0.2) is 78.9 Å². The van der Waals surface area contributed by atoms with Gasteiger partial charge in [-0.05, 0) is 109 Å². The number of aryl methyl sites for hydroxylation is 1. The number of sulfonamides is 1. The third kappa shape index (κ3) is 7.64. The van der Waals surface area contributed by atoms with Crippen LogP contribution in [0.5, 0.6) is 0 Å². The molecule has 0 unspecified atom stereocenters. The molecule has 1 N–H and O–H groups in total. The maximum absolute atomic E-state index is 14.5. The maximum Gasteiger partial charge on any atom is 0.244 e. The molecule has 4 aliphatic carbocycles. The van der Waals surface area contributed by atoms with Crippen molar-refractivity contribution < 1.29 is 18.0 Å². The fourth-order valence-electron chi connectivity index (χ4n) is 9.09. The molecular weight excluding hydrogens is 619 g/mol. The lowest BCUT2D eigenvalue weighted by Gasteiger charge is -2.57. The molecule has 256 valence electrons. The first-order valence-electron chi connectivity index (χ1n) is 17.8. The van der Waals surface area contributed by atoms with Gasteiger partial charge in [0.1, 0.15) is 12.6 Å². The summed E-state index contributed by atoms with van der Waals surface area (Å²) in [4.78, 5) is 29.9. The molecule has 2 amide bonds. The van der Waals surface area contributed by atoms with Crippen molar-refractivity contribution in [1.29, 1.82) is 0 Å². The molecule has 48 heavy (non-hydrogen) atoms. The van der Waals surface area contributed by atoms with E-state index in [1.165, 1.54) is 48.4 Å². The highest BCUT2D eigenvalue weighted by molar-refractivity contribution is 7.92. The van der Waals surface area contributed by atoms with Gasteiger partial charge in [-0.3, -0.25) is 13.9 Å². The van der Waals surface area contributed by atoms with E-state index in [4.69, 9.17) is 0 Å². The zero-order valence-electron chi connectivity index (χ0n) is 28.7. The van der Waals surface area contributed by atoms with Gasteiger partial charge in [-0.2, -0.15) is 0 Å². The predicted molar refractivity (Wildman–Crippen MR) is 192 cm³/mol. The molecule has 0 aliphatic heterocycles. The molecule has 0 radical (unpaired) electrons. The Labute approximate surface area is 287 Å². The number of hydrogen-bond donors (Lipinski definition) is 1. The van der Waals surface area contributed by atoms with Gasteiger partial charge in [-0.1, -0.05) is 80.1 Å². The van der Waals surface area contributed by atoms with E-state index in [0.29, 0.717) is 18.7 Å². The van der Waals surface area contributed by atoms with E-state index in [1.54, 1.807) is 4.90 Å². The minimum Gasteiger partial charge on any atom is -0.354 e.